The molecule has 148 valence electrons. The lowest BCUT2D eigenvalue weighted by molar-refractivity contribution is -0.114. The second kappa shape index (κ2) is 9.27. The molecule has 0 bridgehead atoms. The largest absolute Gasteiger partial charge is 0.462 e. The first-order chi connectivity index (χ1) is 13.6. The average molecular weight is 383 g/mol. The van der Waals surface area contributed by atoms with Crippen LogP contribution >= 0.6 is 0 Å². The molecule has 1 aromatic carbocycles. The molecule has 8 heteroatoms. The Morgan fingerprint density at radius 1 is 1.14 bits per heavy atom. The molecule has 1 amide bonds. The monoisotopic (exact) mass is 383 g/mol. The maximum Gasteiger partial charge on any atom is 0.343 e. The number of amides is 1. The third-order valence-corrected chi connectivity index (χ3v) is 4.47. The molecule has 1 aliphatic rings. The van der Waals surface area contributed by atoms with Crippen molar-refractivity contribution in [1.29, 1.82) is 0 Å². The molecule has 1 saturated heterocycles. The first-order valence-electron chi connectivity index (χ1n) is 9.39. The van der Waals surface area contributed by atoms with E-state index in [4.69, 9.17) is 4.74 Å². The van der Waals surface area contributed by atoms with Crippen LogP contribution in [0.25, 0.3) is 0 Å². The summed E-state index contributed by atoms with van der Waals surface area (Å²) in [6.45, 7) is 7.55. The van der Waals surface area contributed by atoms with E-state index in [0.29, 0.717) is 5.95 Å². The van der Waals surface area contributed by atoms with Gasteiger partial charge in [0.15, 0.2) is 5.82 Å². The van der Waals surface area contributed by atoms with Crippen LogP contribution in [0.15, 0.2) is 36.5 Å². The molecule has 8 nitrogen and oxygen atoms in total. The molecular weight excluding hydrogens is 358 g/mol. The third kappa shape index (κ3) is 5.04. The number of aromatic nitrogens is 2. The quantitative estimate of drug-likeness (QED) is 0.763. The Balaban J connectivity index is 1.68. The zero-order chi connectivity index (χ0) is 19.9. The lowest BCUT2D eigenvalue weighted by Gasteiger charge is -2.34. The molecule has 0 radical (unpaired) electrons. The molecule has 2 aromatic rings. The normalized spacial score (nSPS) is 14.6. The van der Waals surface area contributed by atoms with E-state index in [0.717, 1.165) is 32.7 Å². The summed E-state index contributed by atoms with van der Waals surface area (Å²) in [6, 6.07) is 10.4. The summed E-state index contributed by atoms with van der Waals surface area (Å²) in [4.78, 5) is 36.8. The number of nitrogens with zero attached hydrogens (tertiary/aromatic N) is 4. The average Bonchev–Trinajstić information content (AvgIpc) is 2.69. The van der Waals surface area contributed by atoms with Gasteiger partial charge in [0.1, 0.15) is 5.56 Å². The van der Waals surface area contributed by atoms with Crippen LogP contribution in [0.4, 0.5) is 11.8 Å². The Labute approximate surface area is 164 Å². The SMILES string of the molecule is CCOC(=O)c1cnc(N2CCN(Cc3ccccc3)CC2)nc1NC(C)=O. The number of carbonyl (C=O) groups excluding carboxylic acids is 2. The molecule has 0 saturated carbocycles. The van der Waals surface area contributed by atoms with Crippen LogP contribution < -0.4 is 10.2 Å². The van der Waals surface area contributed by atoms with Crippen molar-refractivity contribution in [3.05, 3.63) is 47.7 Å². The standard InChI is InChI=1S/C20H25N5O3/c1-3-28-19(27)17-13-21-20(23-18(17)22-15(2)26)25-11-9-24(10-12-25)14-16-7-5-4-6-8-16/h4-8,13H,3,9-12,14H2,1-2H3,(H,21,22,23,26). The van der Waals surface area contributed by atoms with E-state index in [1.807, 2.05) is 18.2 Å². The highest BCUT2D eigenvalue weighted by molar-refractivity contribution is 5.99. The fraction of sp³-hybridized carbons (Fsp3) is 0.400. The fourth-order valence-corrected chi connectivity index (χ4v) is 3.09. The first kappa shape index (κ1) is 19.8. The fourth-order valence-electron chi connectivity index (χ4n) is 3.09. The van der Waals surface area contributed by atoms with Crippen molar-refractivity contribution in [2.75, 3.05) is 43.0 Å². The van der Waals surface area contributed by atoms with Crippen LogP contribution in [-0.2, 0) is 16.1 Å². The van der Waals surface area contributed by atoms with Gasteiger partial charge in [-0.1, -0.05) is 30.3 Å². The lowest BCUT2D eigenvalue weighted by atomic mass is 10.2. The van der Waals surface area contributed by atoms with Gasteiger partial charge in [-0.25, -0.2) is 9.78 Å². The van der Waals surface area contributed by atoms with Crippen LogP contribution in [0.5, 0.6) is 0 Å². The Kier molecular flexibility index (Phi) is 6.54. The second-order valence-electron chi connectivity index (χ2n) is 6.58. The van der Waals surface area contributed by atoms with Crippen LogP contribution in [-0.4, -0.2) is 59.5 Å². The van der Waals surface area contributed by atoms with E-state index in [1.54, 1.807) is 6.92 Å². The highest BCUT2D eigenvalue weighted by atomic mass is 16.5. The maximum absolute atomic E-state index is 12.1. The van der Waals surface area contributed by atoms with Crippen molar-refractivity contribution in [1.82, 2.24) is 14.9 Å². The van der Waals surface area contributed by atoms with Gasteiger partial charge in [0, 0.05) is 45.8 Å². The zero-order valence-corrected chi connectivity index (χ0v) is 16.2. The molecule has 0 spiro atoms. The summed E-state index contributed by atoms with van der Waals surface area (Å²) in [5.74, 6) is -0.174. The molecule has 0 unspecified atom stereocenters. The number of benzene rings is 1. The van der Waals surface area contributed by atoms with Crippen molar-refractivity contribution >= 4 is 23.6 Å². The molecule has 0 aliphatic carbocycles. The summed E-state index contributed by atoms with van der Waals surface area (Å²) in [6.07, 6.45) is 1.42. The molecule has 1 N–H and O–H groups in total. The summed E-state index contributed by atoms with van der Waals surface area (Å²) in [5, 5.41) is 2.61. The van der Waals surface area contributed by atoms with Crippen LogP contribution in [0, 0.1) is 0 Å². The summed E-state index contributed by atoms with van der Waals surface area (Å²) < 4.78 is 5.02. The molecule has 1 fully saturated rings. The van der Waals surface area contributed by atoms with E-state index in [9.17, 15) is 9.59 Å². The summed E-state index contributed by atoms with van der Waals surface area (Å²) in [5.41, 5.74) is 1.45. The highest BCUT2D eigenvalue weighted by Gasteiger charge is 2.22. The second-order valence-corrected chi connectivity index (χ2v) is 6.58. The van der Waals surface area contributed by atoms with Gasteiger partial charge in [-0.3, -0.25) is 9.69 Å². The molecule has 1 aromatic heterocycles. The number of anilines is 2. The first-order valence-corrected chi connectivity index (χ1v) is 9.39. The molecule has 0 atom stereocenters. The van der Waals surface area contributed by atoms with E-state index in [-0.39, 0.29) is 23.9 Å². The van der Waals surface area contributed by atoms with Crippen molar-refractivity contribution < 1.29 is 14.3 Å². The molecule has 2 heterocycles. The minimum atomic E-state index is -0.550. The number of esters is 1. The minimum absolute atomic E-state index is 0.156. The number of carbonyl (C=O) groups is 2. The lowest BCUT2D eigenvalue weighted by Crippen LogP contribution is -2.46. The van der Waals surface area contributed by atoms with Crippen molar-refractivity contribution in [2.24, 2.45) is 0 Å². The number of hydrogen-bond acceptors (Lipinski definition) is 7. The van der Waals surface area contributed by atoms with Gasteiger partial charge in [0.05, 0.1) is 6.61 Å². The summed E-state index contributed by atoms with van der Waals surface area (Å²) >= 11 is 0. The summed E-state index contributed by atoms with van der Waals surface area (Å²) in [7, 11) is 0. The van der Waals surface area contributed by atoms with Gasteiger partial charge in [-0.05, 0) is 12.5 Å². The van der Waals surface area contributed by atoms with E-state index >= 15 is 0 Å². The smallest absolute Gasteiger partial charge is 0.343 e. The number of ether oxygens (including phenoxy) is 1. The highest BCUT2D eigenvalue weighted by Crippen LogP contribution is 2.19. The predicted octanol–water partition coefficient (Wildman–Crippen LogP) is 1.93. The molecular formula is C20H25N5O3. The van der Waals surface area contributed by atoms with E-state index < -0.39 is 5.97 Å². The van der Waals surface area contributed by atoms with Crippen molar-refractivity contribution in [2.45, 2.75) is 20.4 Å². The minimum Gasteiger partial charge on any atom is -0.462 e. The van der Waals surface area contributed by atoms with Gasteiger partial charge in [0.25, 0.3) is 0 Å². The van der Waals surface area contributed by atoms with Gasteiger partial charge in [0.2, 0.25) is 11.9 Å². The van der Waals surface area contributed by atoms with E-state index in [1.165, 1.54) is 18.7 Å². The topological polar surface area (TPSA) is 87.7 Å². The van der Waals surface area contributed by atoms with Gasteiger partial charge in [-0.15, -0.1) is 0 Å². The van der Waals surface area contributed by atoms with Gasteiger partial charge in [-0.2, -0.15) is 4.98 Å². The number of piperazine rings is 1. The number of hydrogen-bond donors (Lipinski definition) is 1. The number of nitrogens with one attached hydrogen (secondary N) is 1. The Morgan fingerprint density at radius 3 is 2.50 bits per heavy atom. The predicted molar refractivity (Wildman–Crippen MR) is 106 cm³/mol. The van der Waals surface area contributed by atoms with Crippen LogP contribution in [0.2, 0.25) is 0 Å². The Morgan fingerprint density at radius 2 is 1.86 bits per heavy atom. The molecule has 1 aliphatic heterocycles. The third-order valence-electron chi connectivity index (χ3n) is 4.47. The molecule has 3 rings (SSSR count). The van der Waals surface area contributed by atoms with E-state index in [2.05, 4.69) is 37.2 Å². The van der Waals surface area contributed by atoms with Crippen molar-refractivity contribution in [3.8, 4) is 0 Å². The Hall–Kier alpha value is -3.00. The maximum atomic E-state index is 12.1. The van der Waals surface area contributed by atoms with Crippen molar-refractivity contribution in [3.63, 3.8) is 0 Å². The van der Waals surface area contributed by atoms with Crippen LogP contribution in [0.1, 0.15) is 29.8 Å². The van der Waals surface area contributed by atoms with Gasteiger partial charge < -0.3 is 15.0 Å². The zero-order valence-electron chi connectivity index (χ0n) is 16.2. The van der Waals surface area contributed by atoms with Crippen LogP contribution in [0.3, 0.4) is 0 Å². The Bertz CT molecular complexity index is 820. The van der Waals surface area contributed by atoms with Gasteiger partial charge >= 0.3 is 5.97 Å². The molecule has 28 heavy (non-hydrogen) atoms. The number of rotatable bonds is 6.